The lowest BCUT2D eigenvalue weighted by Crippen LogP contribution is -2.22. The van der Waals surface area contributed by atoms with E-state index in [9.17, 15) is 0 Å². The summed E-state index contributed by atoms with van der Waals surface area (Å²) >= 11 is 0. The van der Waals surface area contributed by atoms with Crippen molar-refractivity contribution in [2.75, 3.05) is 13.2 Å². The molecule has 1 heterocycles. The highest BCUT2D eigenvalue weighted by atomic mass is 16.7. The number of hydrogen-bond donors (Lipinski definition) is 0. The van der Waals surface area contributed by atoms with Gasteiger partial charge in [-0.3, -0.25) is 0 Å². The zero-order chi connectivity index (χ0) is 10.9. The minimum atomic E-state index is -0.175. The van der Waals surface area contributed by atoms with Gasteiger partial charge in [-0.15, -0.1) is 0 Å². The summed E-state index contributed by atoms with van der Waals surface area (Å²) in [6, 6.07) is 0. The Bertz CT molecular complexity index is 268. The van der Waals surface area contributed by atoms with Crippen molar-refractivity contribution in [2.45, 2.75) is 19.6 Å². The lowest BCUT2D eigenvalue weighted by atomic mass is 10.2. The van der Waals surface area contributed by atoms with E-state index in [0.717, 1.165) is 25.2 Å². The first-order valence-corrected chi connectivity index (χ1v) is 5.20. The fraction of sp³-hybridized carbons (Fsp3) is 0.385. The predicted octanol–water partition coefficient (Wildman–Crippen LogP) is 2.99. The molecule has 0 unspecified atom stereocenters. The van der Waals surface area contributed by atoms with E-state index in [0.29, 0.717) is 0 Å². The summed E-state index contributed by atoms with van der Waals surface area (Å²) < 4.78 is 10.8. The van der Waals surface area contributed by atoms with Crippen molar-refractivity contribution in [3.63, 3.8) is 0 Å². The van der Waals surface area contributed by atoms with Gasteiger partial charge in [0.2, 0.25) is 0 Å². The normalized spacial score (nSPS) is 20.2. The van der Waals surface area contributed by atoms with Gasteiger partial charge in [0.05, 0.1) is 13.2 Å². The van der Waals surface area contributed by atoms with E-state index >= 15 is 0 Å². The van der Waals surface area contributed by atoms with Gasteiger partial charge in [-0.05, 0) is 19.4 Å². The highest BCUT2D eigenvalue weighted by Crippen LogP contribution is 2.07. The number of rotatable bonds is 4. The second kappa shape index (κ2) is 7.21. The molecule has 82 valence electrons. The average molecular weight is 206 g/mol. The Balaban J connectivity index is 2.37. The van der Waals surface area contributed by atoms with Crippen LogP contribution in [0.25, 0.3) is 0 Å². The molecule has 1 fully saturated rings. The molecule has 1 saturated heterocycles. The highest BCUT2D eigenvalue weighted by Gasteiger charge is 2.09. The van der Waals surface area contributed by atoms with E-state index in [1.165, 1.54) is 0 Å². The fourth-order valence-corrected chi connectivity index (χ4v) is 1.19. The summed E-state index contributed by atoms with van der Waals surface area (Å²) in [6.07, 6.45) is 12.4. The van der Waals surface area contributed by atoms with Gasteiger partial charge in [-0.1, -0.05) is 42.5 Å². The van der Waals surface area contributed by atoms with Crippen LogP contribution in [0.2, 0.25) is 0 Å². The quantitative estimate of drug-likeness (QED) is 0.658. The molecule has 0 aromatic carbocycles. The van der Waals surface area contributed by atoms with E-state index in [1.54, 1.807) is 6.08 Å². The van der Waals surface area contributed by atoms with Crippen molar-refractivity contribution in [1.82, 2.24) is 0 Å². The maximum absolute atomic E-state index is 5.38. The third-order valence-corrected chi connectivity index (χ3v) is 1.98. The number of ether oxygens (including phenoxy) is 2. The molecule has 0 radical (unpaired) electrons. The lowest BCUT2D eigenvalue weighted by molar-refractivity contribution is -0.149. The monoisotopic (exact) mass is 206 g/mol. The molecule has 0 atom stereocenters. The number of hydrogen-bond acceptors (Lipinski definition) is 2. The minimum Gasteiger partial charge on any atom is -0.349 e. The Kier molecular flexibility index (Phi) is 5.74. The molecule has 15 heavy (non-hydrogen) atoms. The van der Waals surface area contributed by atoms with Crippen molar-refractivity contribution in [3.05, 3.63) is 48.6 Å². The van der Waals surface area contributed by atoms with E-state index < -0.39 is 0 Å². The van der Waals surface area contributed by atoms with Crippen LogP contribution in [0, 0.1) is 0 Å². The standard InChI is InChI=1S/C13H18O2/c1-3-4-5-7-12(2)8-9-13-14-10-6-11-15-13/h3-5,7-9,13H,1,6,10-11H2,2H3. The summed E-state index contributed by atoms with van der Waals surface area (Å²) in [4.78, 5) is 0. The average Bonchev–Trinajstić information content (AvgIpc) is 2.28. The predicted molar refractivity (Wildman–Crippen MR) is 62.5 cm³/mol. The SMILES string of the molecule is C=CC=CC=C(C)C=CC1OCCCO1. The van der Waals surface area contributed by atoms with Gasteiger partial charge in [0.25, 0.3) is 0 Å². The van der Waals surface area contributed by atoms with Gasteiger partial charge in [0.1, 0.15) is 0 Å². The third-order valence-electron chi connectivity index (χ3n) is 1.98. The molecular formula is C13H18O2. The zero-order valence-electron chi connectivity index (χ0n) is 9.19. The van der Waals surface area contributed by atoms with Gasteiger partial charge in [-0.25, -0.2) is 0 Å². The zero-order valence-corrected chi connectivity index (χ0v) is 9.19. The maximum Gasteiger partial charge on any atom is 0.177 e. The minimum absolute atomic E-state index is 0.175. The van der Waals surface area contributed by atoms with Crippen LogP contribution >= 0.6 is 0 Å². The molecule has 0 aromatic rings. The summed E-state index contributed by atoms with van der Waals surface area (Å²) in [5.74, 6) is 0. The molecule has 0 saturated carbocycles. The highest BCUT2D eigenvalue weighted by molar-refractivity contribution is 5.23. The van der Waals surface area contributed by atoms with Crippen LogP contribution in [0.5, 0.6) is 0 Å². The molecule has 1 rings (SSSR count). The van der Waals surface area contributed by atoms with Gasteiger partial charge < -0.3 is 9.47 Å². The Hall–Kier alpha value is -1.12. The van der Waals surface area contributed by atoms with Crippen LogP contribution in [0.4, 0.5) is 0 Å². The van der Waals surface area contributed by atoms with Crippen LogP contribution < -0.4 is 0 Å². The Labute approximate surface area is 91.6 Å². The molecular weight excluding hydrogens is 188 g/mol. The lowest BCUT2D eigenvalue weighted by Gasteiger charge is -2.19. The molecule has 0 bridgehead atoms. The largest absolute Gasteiger partial charge is 0.349 e. The first-order valence-electron chi connectivity index (χ1n) is 5.20. The smallest absolute Gasteiger partial charge is 0.177 e. The second-order valence-corrected chi connectivity index (χ2v) is 3.35. The third kappa shape index (κ3) is 5.35. The van der Waals surface area contributed by atoms with Gasteiger partial charge in [-0.2, -0.15) is 0 Å². The first kappa shape index (κ1) is 12.0. The molecule has 2 heteroatoms. The van der Waals surface area contributed by atoms with Crippen molar-refractivity contribution < 1.29 is 9.47 Å². The summed E-state index contributed by atoms with van der Waals surface area (Å²) in [5, 5.41) is 0. The second-order valence-electron chi connectivity index (χ2n) is 3.35. The molecule has 2 nitrogen and oxygen atoms in total. The van der Waals surface area contributed by atoms with Gasteiger partial charge in [0.15, 0.2) is 6.29 Å². The molecule has 0 aliphatic carbocycles. The van der Waals surface area contributed by atoms with Crippen molar-refractivity contribution >= 4 is 0 Å². The van der Waals surface area contributed by atoms with Crippen molar-refractivity contribution in [1.29, 1.82) is 0 Å². The van der Waals surface area contributed by atoms with Crippen molar-refractivity contribution in [3.8, 4) is 0 Å². The molecule has 0 spiro atoms. The van der Waals surface area contributed by atoms with Crippen molar-refractivity contribution in [2.24, 2.45) is 0 Å². The van der Waals surface area contributed by atoms with E-state index in [1.807, 2.05) is 37.3 Å². The van der Waals surface area contributed by atoms with Crippen LogP contribution in [0.15, 0.2) is 48.6 Å². The topological polar surface area (TPSA) is 18.5 Å². The Morgan fingerprint density at radius 3 is 2.67 bits per heavy atom. The van der Waals surface area contributed by atoms with E-state index in [4.69, 9.17) is 9.47 Å². The molecule has 1 aliphatic rings. The Morgan fingerprint density at radius 1 is 1.27 bits per heavy atom. The van der Waals surface area contributed by atoms with Gasteiger partial charge >= 0.3 is 0 Å². The Morgan fingerprint density at radius 2 is 2.00 bits per heavy atom. The first-order chi connectivity index (χ1) is 7.33. The van der Waals surface area contributed by atoms with Gasteiger partial charge in [0, 0.05) is 0 Å². The summed E-state index contributed by atoms with van der Waals surface area (Å²) in [7, 11) is 0. The van der Waals surface area contributed by atoms with E-state index in [2.05, 4.69) is 6.58 Å². The maximum atomic E-state index is 5.38. The summed E-state index contributed by atoms with van der Waals surface area (Å²) in [5.41, 5.74) is 1.16. The summed E-state index contributed by atoms with van der Waals surface area (Å²) in [6.45, 7) is 7.21. The molecule has 0 N–H and O–H groups in total. The molecule has 0 amide bonds. The van der Waals surface area contributed by atoms with Crippen LogP contribution in [0.3, 0.4) is 0 Å². The van der Waals surface area contributed by atoms with Crippen LogP contribution in [-0.2, 0) is 9.47 Å². The fourth-order valence-electron chi connectivity index (χ4n) is 1.19. The number of allylic oxidation sites excluding steroid dienone is 6. The van der Waals surface area contributed by atoms with Crippen LogP contribution in [-0.4, -0.2) is 19.5 Å². The molecule has 1 aliphatic heterocycles. The van der Waals surface area contributed by atoms with E-state index in [-0.39, 0.29) is 6.29 Å². The molecule has 0 aromatic heterocycles. The van der Waals surface area contributed by atoms with Crippen LogP contribution in [0.1, 0.15) is 13.3 Å².